The van der Waals surface area contributed by atoms with Crippen LogP contribution in [0.15, 0.2) is 5.38 Å². The number of anilines is 1. The Hall–Kier alpha value is -1.14. The molecule has 1 aliphatic rings. The van der Waals surface area contributed by atoms with Crippen LogP contribution in [0, 0.1) is 0 Å². The van der Waals surface area contributed by atoms with Gasteiger partial charge >= 0.3 is 0 Å². The van der Waals surface area contributed by atoms with Gasteiger partial charge in [-0.3, -0.25) is 4.79 Å². The van der Waals surface area contributed by atoms with E-state index in [1.54, 1.807) is 5.38 Å². The summed E-state index contributed by atoms with van der Waals surface area (Å²) in [6.45, 7) is 1.35. The summed E-state index contributed by atoms with van der Waals surface area (Å²) < 4.78 is 5.16. The molecule has 15 heavy (non-hydrogen) atoms. The fourth-order valence-corrected chi connectivity index (χ4v) is 2.06. The van der Waals surface area contributed by atoms with E-state index in [0.29, 0.717) is 18.2 Å². The van der Waals surface area contributed by atoms with Gasteiger partial charge in [0, 0.05) is 12.0 Å². The Bertz CT molecular complexity index is 347. The largest absolute Gasteiger partial charge is 0.379 e. The number of amides is 1. The molecule has 0 spiro atoms. The van der Waals surface area contributed by atoms with Gasteiger partial charge in [0.25, 0.3) is 0 Å². The molecule has 0 radical (unpaired) electrons. The Kier molecular flexibility index (Phi) is 3.17. The number of hydrogen-bond donors (Lipinski definition) is 2. The van der Waals surface area contributed by atoms with Gasteiger partial charge in [0.05, 0.1) is 24.8 Å². The molecule has 6 heteroatoms. The molecular weight excluding hydrogens is 214 g/mol. The molecule has 1 atom stereocenters. The molecule has 5 nitrogen and oxygen atoms in total. The highest BCUT2D eigenvalue weighted by Gasteiger charge is 2.18. The number of carbonyl (C=O) groups excluding carboxylic acids is 1. The molecular formula is C9H13N3O2S. The highest BCUT2D eigenvalue weighted by atomic mass is 32.1. The first-order chi connectivity index (χ1) is 7.24. The van der Waals surface area contributed by atoms with Crippen molar-refractivity contribution in [3.8, 4) is 0 Å². The van der Waals surface area contributed by atoms with Crippen molar-refractivity contribution >= 4 is 22.4 Å². The first-order valence-corrected chi connectivity index (χ1v) is 5.69. The fraction of sp³-hybridized carbons (Fsp3) is 0.556. The monoisotopic (exact) mass is 227 g/mol. The minimum absolute atomic E-state index is 0.0178. The van der Waals surface area contributed by atoms with Gasteiger partial charge < -0.3 is 15.8 Å². The van der Waals surface area contributed by atoms with Gasteiger partial charge in [-0.1, -0.05) is 0 Å². The summed E-state index contributed by atoms with van der Waals surface area (Å²) >= 11 is 1.35. The van der Waals surface area contributed by atoms with Crippen LogP contribution in [0.3, 0.4) is 0 Å². The zero-order valence-electron chi connectivity index (χ0n) is 8.23. The van der Waals surface area contributed by atoms with Crippen LogP contribution in [-0.4, -0.2) is 30.1 Å². The lowest BCUT2D eigenvalue weighted by Gasteiger charge is -2.09. The third-order valence-corrected chi connectivity index (χ3v) is 2.93. The number of hydrogen-bond acceptors (Lipinski definition) is 5. The van der Waals surface area contributed by atoms with Gasteiger partial charge in [-0.15, -0.1) is 11.3 Å². The van der Waals surface area contributed by atoms with Crippen LogP contribution in [0.25, 0.3) is 0 Å². The second kappa shape index (κ2) is 4.59. The molecule has 1 aromatic rings. The first kappa shape index (κ1) is 10.4. The van der Waals surface area contributed by atoms with Crippen LogP contribution in [0.5, 0.6) is 0 Å². The summed E-state index contributed by atoms with van der Waals surface area (Å²) in [5, 5.41) is 5.20. The maximum Gasteiger partial charge on any atom is 0.226 e. The number of nitrogens with zero attached hydrogens (tertiary/aromatic N) is 1. The van der Waals surface area contributed by atoms with Gasteiger partial charge in [0.1, 0.15) is 0 Å². The fourth-order valence-electron chi connectivity index (χ4n) is 1.50. The van der Waals surface area contributed by atoms with Crippen molar-refractivity contribution in [3.05, 3.63) is 11.1 Å². The third-order valence-electron chi connectivity index (χ3n) is 2.21. The van der Waals surface area contributed by atoms with Gasteiger partial charge in [-0.05, 0) is 6.42 Å². The summed E-state index contributed by atoms with van der Waals surface area (Å²) in [5.41, 5.74) is 6.20. The normalized spacial score (nSPS) is 20.4. The van der Waals surface area contributed by atoms with Crippen molar-refractivity contribution in [2.45, 2.75) is 18.9 Å². The Morgan fingerprint density at radius 1 is 1.80 bits per heavy atom. The molecule has 0 bridgehead atoms. The van der Waals surface area contributed by atoms with Gasteiger partial charge in [-0.2, -0.15) is 0 Å². The Labute approximate surface area is 91.6 Å². The molecule has 1 unspecified atom stereocenters. The second-order valence-corrected chi connectivity index (χ2v) is 4.37. The number of nitrogens with one attached hydrogen (secondary N) is 1. The number of carbonyl (C=O) groups is 1. The first-order valence-electron chi connectivity index (χ1n) is 4.81. The van der Waals surface area contributed by atoms with E-state index in [9.17, 15) is 4.79 Å². The van der Waals surface area contributed by atoms with Crippen molar-refractivity contribution in [1.82, 2.24) is 10.3 Å². The minimum atomic E-state index is -0.0178. The van der Waals surface area contributed by atoms with Crippen molar-refractivity contribution < 1.29 is 9.53 Å². The second-order valence-electron chi connectivity index (χ2n) is 3.48. The molecule has 82 valence electrons. The van der Waals surface area contributed by atoms with Crippen LogP contribution in [0.4, 0.5) is 5.13 Å². The molecule has 2 rings (SSSR count). The predicted molar refractivity (Wildman–Crippen MR) is 57.6 cm³/mol. The zero-order chi connectivity index (χ0) is 10.7. The Morgan fingerprint density at radius 3 is 3.27 bits per heavy atom. The maximum absolute atomic E-state index is 11.5. The summed E-state index contributed by atoms with van der Waals surface area (Å²) in [7, 11) is 0. The molecule has 0 aliphatic carbocycles. The molecule has 0 saturated carbocycles. The van der Waals surface area contributed by atoms with Gasteiger partial charge in [0.2, 0.25) is 5.91 Å². The SMILES string of the molecule is Nc1nc(CC(=O)NC2CCOC2)cs1. The minimum Gasteiger partial charge on any atom is -0.379 e. The average molecular weight is 227 g/mol. The van der Waals surface area contributed by atoms with Crippen LogP contribution >= 0.6 is 11.3 Å². The molecule has 2 heterocycles. The van der Waals surface area contributed by atoms with E-state index >= 15 is 0 Å². The van der Waals surface area contributed by atoms with E-state index < -0.39 is 0 Å². The number of aromatic nitrogens is 1. The molecule has 1 aromatic heterocycles. The topological polar surface area (TPSA) is 77.2 Å². The van der Waals surface area contributed by atoms with Crippen molar-refractivity contribution in [2.24, 2.45) is 0 Å². The van der Waals surface area contributed by atoms with Gasteiger partial charge in [-0.25, -0.2) is 4.98 Å². The van der Waals surface area contributed by atoms with E-state index in [0.717, 1.165) is 18.7 Å². The van der Waals surface area contributed by atoms with E-state index in [2.05, 4.69) is 10.3 Å². The van der Waals surface area contributed by atoms with Crippen LogP contribution < -0.4 is 11.1 Å². The summed E-state index contributed by atoms with van der Waals surface area (Å²) in [5.74, 6) is -0.0178. The van der Waals surface area contributed by atoms with Crippen LogP contribution in [-0.2, 0) is 16.0 Å². The number of nitrogens with two attached hydrogens (primary N) is 1. The third kappa shape index (κ3) is 2.90. The van der Waals surface area contributed by atoms with E-state index in [-0.39, 0.29) is 11.9 Å². The highest BCUT2D eigenvalue weighted by molar-refractivity contribution is 7.13. The number of ether oxygens (including phenoxy) is 1. The van der Waals surface area contributed by atoms with Crippen molar-refractivity contribution in [2.75, 3.05) is 18.9 Å². The predicted octanol–water partition coefficient (Wildman–Crippen LogP) is 0.173. The summed E-state index contributed by atoms with van der Waals surface area (Å²) in [6.07, 6.45) is 1.19. The molecule has 1 aliphatic heterocycles. The zero-order valence-corrected chi connectivity index (χ0v) is 9.05. The highest BCUT2D eigenvalue weighted by Crippen LogP contribution is 2.11. The standard InChI is InChI=1S/C9H13N3O2S/c10-9-12-7(5-15-9)3-8(13)11-6-1-2-14-4-6/h5-6H,1-4H2,(H2,10,12)(H,11,13). The van der Waals surface area contributed by atoms with Gasteiger partial charge in [0.15, 0.2) is 5.13 Å². The van der Waals surface area contributed by atoms with Crippen LogP contribution in [0.2, 0.25) is 0 Å². The summed E-state index contributed by atoms with van der Waals surface area (Å²) in [4.78, 5) is 15.6. The molecule has 0 aromatic carbocycles. The lowest BCUT2D eigenvalue weighted by Crippen LogP contribution is -2.36. The number of thiazole rings is 1. The van der Waals surface area contributed by atoms with E-state index in [1.807, 2.05) is 0 Å². The van der Waals surface area contributed by atoms with E-state index in [4.69, 9.17) is 10.5 Å². The average Bonchev–Trinajstić information content (AvgIpc) is 2.77. The molecule has 1 saturated heterocycles. The van der Waals surface area contributed by atoms with Crippen molar-refractivity contribution in [1.29, 1.82) is 0 Å². The lowest BCUT2D eigenvalue weighted by atomic mass is 10.2. The van der Waals surface area contributed by atoms with Crippen molar-refractivity contribution in [3.63, 3.8) is 0 Å². The van der Waals surface area contributed by atoms with E-state index in [1.165, 1.54) is 11.3 Å². The Balaban J connectivity index is 1.81. The number of nitrogen functional groups attached to an aromatic ring is 1. The molecule has 1 fully saturated rings. The summed E-state index contributed by atoms with van der Waals surface area (Å²) in [6, 6.07) is 0.161. The number of rotatable bonds is 3. The maximum atomic E-state index is 11.5. The molecule has 3 N–H and O–H groups in total. The molecule has 1 amide bonds. The smallest absolute Gasteiger partial charge is 0.226 e. The lowest BCUT2D eigenvalue weighted by molar-refractivity contribution is -0.121. The quantitative estimate of drug-likeness (QED) is 0.772. The van der Waals surface area contributed by atoms with Crippen LogP contribution in [0.1, 0.15) is 12.1 Å². The Morgan fingerprint density at radius 2 is 2.67 bits per heavy atom.